The Morgan fingerprint density at radius 1 is 1.03 bits per heavy atom. The van der Waals surface area contributed by atoms with E-state index in [-0.39, 0.29) is 10.6 Å². The molecule has 178 valence electrons. The Hall–Kier alpha value is -3.37. The first kappa shape index (κ1) is 23.8. The maximum atomic E-state index is 13.5. The van der Waals surface area contributed by atoms with Gasteiger partial charge in [-0.05, 0) is 49.1 Å². The summed E-state index contributed by atoms with van der Waals surface area (Å²) in [4.78, 5) is 26.7. The molecule has 3 aromatic rings. The van der Waals surface area contributed by atoms with E-state index in [1.165, 1.54) is 37.7 Å². The van der Waals surface area contributed by atoms with Crippen LogP contribution in [0.15, 0.2) is 59.5 Å². The number of nitrogens with one attached hydrogen (secondary N) is 1. The van der Waals surface area contributed by atoms with Gasteiger partial charge >= 0.3 is 5.97 Å². The Morgan fingerprint density at radius 3 is 2.44 bits per heavy atom. The summed E-state index contributed by atoms with van der Waals surface area (Å²) in [5.41, 5.74) is 1.47. The molecule has 0 aliphatic heterocycles. The molecule has 4 rings (SSSR count). The third kappa shape index (κ3) is 4.51. The molecular weight excluding hydrogens is 476 g/mol. The van der Waals surface area contributed by atoms with Crippen molar-refractivity contribution in [2.75, 3.05) is 30.4 Å². The molecule has 1 aromatic heterocycles. The average Bonchev–Trinajstić information content (AvgIpc) is 3.43. The van der Waals surface area contributed by atoms with Gasteiger partial charge < -0.3 is 14.8 Å². The molecule has 0 radical (unpaired) electrons. The number of carbonyl (C=O) groups is 2. The number of nitrogens with zero attached hydrogens (tertiary/aromatic N) is 1. The van der Waals surface area contributed by atoms with E-state index in [9.17, 15) is 18.0 Å². The number of amides is 1. The van der Waals surface area contributed by atoms with Gasteiger partial charge in [-0.3, -0.25) is 9.10 Å². The van der Waals surface area contributed by atoms with E-state index in [2.05, 4.69) is 5.32 Å². The molecule has 1 amide bonds. The van der Waals surface area contributed by atoms with Crippen LogP contribution in [0.5, 0.6) is 5.75 Å². The first-order chi connectivity index (χ1) is 16.4. The lowest BCUT2D eigenvalue weighted by atomic mass is 10.1. The largest absolute Gasteiger partial charge is 0.495 e. The molecule has 0 saturated heterocycles. The maximum absolute atomic E-state index is 13.5. The highest BCUT2D eigenvalue weighted by molar-refractivity contribution is 7.92. The van der Waals surface area contributed by atoms with Crippen molar-refractivity contribution < 1.29 is 27.5 Å². The van der Waals surface area contributed by atoms with Crippen LogP contribution in [0, 0.1) is 0 Å². The van der Waals surface area contributed by atoms with E-state index in [0.717, 1.165) is 34.0 Å². The van der Waals surface area contributed by atoms with Crippen molar-refractivity contribution in [3.05, 3.63) is 70.6 Å². The highest BCUT2D eigenvalue weighted by Gasteiger charge is 2.31. The first-order valence-electron chi connectivity index (χ1n) is 10.6. The normalized spacial score (nSPS) is 12.6. The van der Waals surface area contributed by atoms with Crippen LogP contribution in [0.3, 0.4) is 0 Å². The Bertz CT molecular complexity index is 1320. The molecule has 8 nitrogen and oxygen atoms in total. The van der Waals surface area contributed by atoms with Crippen molar-refractivity contribution in [1.29, 1.82) is 0 Å². The second-order valence-corrected chi connectivity index (χ2v) is 10.6. The van der Waals surface area contributed by atoms with Crippen molar-refractivity contribution >= 4 is 43.9 Å². The minimum atomic E-state index is -4.10. The quantitative estimate of drug-likeness (QED) is 0.471. The number of ether oxygens (including phenoxy) is 2. The summed E-state index contributed by atoms with van der Waals surface area (Å²) in [5.74, 6) is -0.802. The van der Waals surface area contributed by atoms with Gasteiger partial charge in [0.1, 0.15) is 17.3 Å². The molecule has 1 aliphatic carbocycles. The average molecular weight is 501 g/mol. The van der Waals surface area contributed by atoms with Gasteiger partial charge in [-0.1, -0.05) is 30.3 Å². The Kier molecular flexibility index (Phi) is 6.90. The van der Waals surface area contributed by atoms with E-state index in [1.54, 1.807) is 42.5 Å². The SMILES string of the molecule is COC(=O)c1c(NC(=O)CN(c2ccccc2OC)S(=O)(=O)c2ccccc2)sc2c1CCC2. The van der Waals surface area contributed by atoms with Crippen LogP contribution < -0.4 is 14.4 Å². The molecule has 0 fully saturated rings. The molecule has 0 unspecified atom stereocenters. The highest BCUT2D eigenvalue weighted by atomic mass is 32.2. The molecule has 1 aliphatic rings. The summed E-state index contributed by atoms with van der Waals surface area (Å²) in [6.45, 7) is -0.513. The molecule has 1 N–H and O–H groups in total. The number of esters is 1. The number of aryl methyl sites for hydroxylation is 1. The molecule has 34 heavy (non-hydrogen) atoms. The minimum Gasteiger partial charge on any atom is -0.495 e. The molecule has 0 bridgehead atoms. The number of anilines is 2. The predicted octanol–water partition coefficient (Wildman–Crippen LogP) is 3.87. The number of para-hydroxylation sites is 2. The lowest BCUT2D eigenvalue weighted by molar-refractivity contribution is -0.114. The molecule has 0 saturated carbocycles. The fraction of sp³-hybridized carbons (Fsp3) is 0.250. The Balaban J connectivity index is 1.69. The number of hydrogen-bond donors (Lipinski definition) is 1. The molecule has 2 aromatic carbocycles. The van der Waals surface area contributed by atoms with Crippen LogP contribution in [0.2, 0.25) is 0 Å². The summed E-state index contributed by atoms with van der Waals surface area (Å²) in [7, 11) is -1.37. The second-order valence-electron chi connectivity index (χ2n) is 7.60. The Morgan fingerprint density at radius 2 is 1.74 bits per heavy atom. The lowest BCUT2D eigenvalue weighted by Crippen LogP contribution is -2.38. The van der Waals surface area contributed by atoms with Gasteiger partial charge in [-0.2, -0.15) is 0 Å². The van der Waals surface area contributed by atoms with E-state index in [1.807, 2.05) is 0 Å². The van der Waals surface area contributed by atoms with Crippen LogP contribution >= 0.6 is 11.3 Å². The standard InChI is InChI=1S/C24H24N2O6S2/c1-31-19-13-7-6-12-18(19)26(34(29,30)16-9-4-3-5-10-16)15-21(27)25-23-22(24(28)32-2)17-11-8-14-20(17)33-23/h3-7,9-10,12-13H,8,11,14-15H2,1-2H3,(H,25,27). The van der Waals surface area contributed by atoms with Gasteiger partial charge in [0.25, 0.3) is 10.0 Å². The zero-order chi connectivity index (χ0) is 24.3. The summed E-state index contributed by atoms with van der Waals surface area (Å²) in [6.07, 6.45) is 2.51. The lowest BCUT2D eigenvalue weighted by Gasteiger charge is -2.25. The van der Waals surface area contributed by atoms with Crippen LogP contribution in [0.4, 0.5) is 10.7 Å². The fourth-order valence-electron chi connectivity index (χ4n) is 3.96. The van der Waals surface area contributed by atoms with E-state index < -0.39 is 28.4 Å². The van der Waals surface area contributed by atoms with Gasteiger partial charge in [0.05, 0.1) is 30.4 Å². The van der Waals surface area contributed by atoms with Gasteiger partial charge in [0, 0.05) is 4.88 Å². The number of benzene rings is 2. The highest BCUT2D eigenvalue weighted by Crippen LogP contribution is 2.39. The van der Waals surface area contributed by atoms with Crippen LogP contribution in [0.1, 0.15) is 27.2 Å². The van der Waals surface area contributed by atoms with E-state index >= 15 is 0 Å². The monoisotopic (exact) mass is 500 g/mol. The third-order valence-corrected chi connectivity index (χ3v) is 8.52. The van der Waals surface area contributed by atoms with Crippen molar-refractivity contribution in [2.24, 2.45) is 0 Å². The minimum absolute atomic E-state index is 0.0408. The number of fused-ring (bicyclic) bond motifs is 1. The van der Waals surface area contributed by atoms with E-state index in [4.69, 9.17) is 9.47 Å². The molecule has 0 atom stereocenters. The van der Waals surface area contributed by atoms with Crippen LogP contribution in [-0.4, -0.2) is 41.1 Å². The maximum Gasteiger partial charge on any atom is 0.341 e. The Labute approximate surface area is 202 Å². The third-order valence-electron chi connectivity index (χ3n) is 5.54. The number of thiophene rings is 1. The number of sulfonamides is 1. The fourth-order valence-corrected chi connectivity index (χ4v) is 6.71. The van der Waals surface area contributed by atoms with Crippen molar-refractivity contribution in [3.63, 3.8) is 0 Å². The topological polar surface area (TPSA) is 102 Å². The van der Waals surface area contributed by atoms with Gasteiger partial charge in [-0.25, -0.2) is 13.2 Å². The van der Waals surface area contributed by atoms with Gasteiger partial charge in [-0.15, -0.1) is 11.3 Å². The smallest absolute Gasteiger partial charge is 0.341 e. The predicted molar refractivity (Wildman–Crippen MR) is 130 cm³/mol. The molecule has 0 spiro atoms. The van der Waals surface area contributed by atoms with Crippen LogP contribution in [0.25, 0.3) is 0 Å². The first-order valence-corrected chi connectivity index (χ1v) is 12.9. The number of methoxy groups -OCH3 is 2. The number of carbonyl (C=O) groups excluding carboxylic acids is 2. The van der Waals surface area contributed by atoms with E-state index in [0.29, 0.717) is 16.3 Å². The van der Waals surface area contributed by atoms with Gasteiger partial charge in [0.15, 0.2) is 0 Å². The summed E-state index contributed by atoms with van der Waals surface area (Å²) in [5, 5.41) is 3.12. The molecule has 1 heterocycles. The van der Waals surface area contributed by atoms with Crippen molar-refractivity contribution in [2.45, 2.75) is 24.2 Å². The van der Waals surface area contributed by atoms with Gasteiger partial charge in [0.2, 0.25) is 5.91 Å². The second kappa shape index (κ2) is 9.86. The van der Waals surface area contributed by atoms with Crippen molar-refractivity contribution in [3.8, 4) is 5.75 Å². The van der Waals surface area contributed by atoms with Crippen molar-refractivity contribution in [1.82, 2.24) is 0 Å². The summed E-state index contributed by atoms with van der Waals surface area (Å²) >= 11 is 1.33. The summed E-state index contributed by atoms with van der Waals surface area (Å²) in [6, 6.07) is 14.5. The number of rotatable bonds is 8. The zero-order valence-corrected chi connectivity index (χ0v) is 20.4. The zero-order valence-electron chi connectivity index (χ0n) is 18.7. The molecular formula is C24H24N2O6S2. The molecule has 10 heteroatoms. The van der Waals surface area contributed by atoms with Crippen LogP contribution in [-0.2, 0) is 32.4 Å². The number of hydrogen-bond acceptors (Lipinski definition) is 7. The summed E-state index contributed by atoms with van der Waals surface area (Å²) < 4.78 is 38.4.